The largest absolute Gasteiger partial charge is 0.338 e. The molecule has 0 fully saturated rings. The number of carbonyl (C=O) groups is 1. The van der Waals surface area contributed by atoms with Crippen molar-refractivity contribution in [2.24, 2.45) is 5.14 Å². The molecule has 2 aromatic carbocycles. The smallest absolute Gasteiger partial charge is 0.319 e. The molecule has 0 bridgehead atoms. The molecule has 0 saturated heterocycles. The predicted molar refractivity (Wildman–Crippen MR) is 84.9 cm³/mol. The molecule has 0 radical (unpaired) electrons. The van der Waals surface area contributed by atoms with Gasteiger partial charge in [0.2, 0.25) is 10.0 Å². The molecule has 2 aromatic rings. The summed E-state index contributed by atoms with van der Waals surface area (Å²) >= 11 is 0. The molecule has 4 N–H and O–H groups in total. The molecule has 0 aliphatic rings. The number of hydrogen-bond acceptors (Lipinski definition) is 3. The lowest BCUT2D eigenvalue weighted by Crippen LogP contribution is -2.30. The number of primary sulfonamides is 1. The quantitative estimate of drug-likeness (QED) is 0.764. The minimum absolute atomic E-state index is 0.00346. The maximum absolute atomic E-state index is 13.4. The number of rotatable bonds is 5. The van der Waals surface area contributed by atoms with Crippen molar-refractivity contribution >= 4 is 21.7 Å². The highest BCUT2D eigenvalue weighted by molar-refractivity contribution is 7.89. The second-order valence-corrected chi connectivity index (χ2v) is 6.51. The SMILES string of the molecule is NS(=O)(=O)c1ccc(CCNC(=O)Nc2ccc(F)cc2F)cc1. The average molecular weight is 355 g/mol. The molecule has 9 heteroatoms. The number of nitrogens with one attached hydrogen (secondary N) is 2. The first-order valence-electron chi connectivity index (χ1n) is 6.87. The van der Waals surface area contributed by atoms with Crippen LogP contribution in [0.1, 0.15) is 5.56 Å². The van der Waals surface area contributed by atoms with Gasteiger partial charge in [-0.1, -0.05) is 12.1 Å². The Morgan fingerprint density at radius 3 is 2.33 bits per heavy atom. The first-order chi connectivity index (χ1) is 11.3. The second-order valence-electron chi connectivity index (χ2n) is 4.94. The van der Waals surface area contributed by atoms with Gasteiger partial charge in [0.05, 0.1) is 10.6 Å². The molecule has 0 aliphatic heterocycles. The minimum atomic E-state index is -3.74. The lowest BCUT2D eigenvalue weighted by molar-refractivity contribution is 0.252. The van der Waals surface area contributed by atoms with Crippen molar-refractivity contribution in [3.8, 4) is 0 Å². The van der Waals surface area contributed by atoms with Crippen molar-refractivity contribution < 1.29 is 22.0 Å². The van der Waals surface area contributed by atoms with E-state index in [2.05, 4.69) is 10.6 Å². The number of urea groups is 1. The van der Waals surface area contributed by atoms with Crippen LogP contribution in [-0.4, -0.2) is 21.0 Å². The summed E-state index contributed by atoms with van der Waals surface area (Å²) in [7, 11) is -3.74. The van der Waals surface area contributed by atoms with E-state index in [0.717, 1.165) is 17.7 Å². The van der Waals surface area contributed by atoms with E-state index in [9.17, 15) is 22.0 Å². The van der Waals surface area contributed by atoms with Crippen LogP contribution in [0.15, 0.2) is 47.4 Å². The Hall–Kier alpha value is -2.52. The summed E-state index contributed by atoms with van der Waals surface area (Å²) in [5, 5.41) is 9.77. The number of hydrogen-bond donors (Lipinski definition) is 3. The van der Waals surface area contributed by atoms with Gasteiger partial charge in [-0.05, 0) is 36.2 Å². The third-order valence-electron chi connectivity index (χ3n) is 3.13. The summed E-state index contributed by atoms with van der Waals surface area (Å²) in [6.45, 7) is 0.239. The zero-order chi connectivity index (χ0) is 17.7. The van der Waals surface area contributed by atoms with Crippen molar-refractivity contribution in [2.45, 2.75) is 11.3 Å². The Balaban J connectivity index is 1.84. The van der Waals surface area contributed by atoms with E-state index in [0.29, 0.717) is 12.5 Å². The van der Waals surface area contributed by atoms with E-state index in [-0.39, 0.29) is 17.1 Å². The Bertz CT molecular complexity index is 840. The summed E-state index contributed by atoms with van der Waals surface area (Å²) in [6, 6.07) is 8.10. The summed E-state index contributed by atoms with van der Waals surface area (Å²) in [5.41, 5.74) is 0.655. The van der Waals surface area contributed by atoms with Gasteiger partial charge in [0.25, 0.3) is 0 Å². The number of carbonyl (C=O) groups excluding carboxylic acids is 1. The van der Waals surface area contributed by atoms with Gasteiger partial charge in [0.1, 0.15) is 11.6 Å². The van der Waals surface area contributed by atoms with Crippen LogP contribution < -0.4 is 15.8 Å². The summed E-state index contributed by atoms with van der Waals surface area (Å²) in [6.07, 6.45) is 0.435. The predicted octanol–water partition coefficient (Wildman–Crippen LogP) is 1.98. The number of amides is 2. The highest BCUT2D eigenvalue weighted by Gasteiger charge is 2.08. The molecule has 128 valence electrons. The fraction of sp³-hybridized carbons (Fsp3) is 0.133. The van der Waals surface area contributed by atoms with Crippen LogP contribution in [0.4, 0.5) is 19.3 Å². The van der Waals surface area contributed by atoms with Gasteiger partial charge in [0, 0.05) is 12.6 Å². The van der Waals surface area contributed by atoms with Crippen LogP contribution >= 0.6 is 0 Å². The Morgan fingerprint density at radius 1 is 1.08 bits per heavy atom. The minimum Gasteiger partial charge on any atom is -0.338 e. The maximum Gasteiger partial charge on any atom is 0.319 e. The van der Waals surface area contributed by atoms with Gasteiger partial charge < -0.3 is 10.6 Å². The van der Waals surface area contributed by atoms with Crippen molar-refractivity contribution in [2.75, 3.05) is 11.9 Å². The van der Waals surface area contributed by atoms with E-state index in [1.54, 1.807) is 12.1 Å². The van der Waals surface area contributed by atoms with Gasteiger partial charge in [-0.25, -0.2) is 27.1 Å². The molecule has 24 heavy (non-hydrogen) atoms. The van der Waals surface area contributed by atoms with Gasteiger partial charge in [-0.3, -0.25) is 0 Å². The molecular weight excluding hydrogens is 340 g/mol. The van der Waals surface area contributed by atoms with Crippen LogP contribution in [0.3, 0.4) is 0 Å². The van der Waals surface area contributed by atoms with Crippen LogP contribution in [0, 0.1) is 11.6 Å². The summed E-state index contributed by atoms with van der Waals surface area (Å²) in [5.74, 6) is -1.61. The third-order valence-corrected chi connectivity index (χ3v) is 4.06. The third kappa shape index (κ3) is 5.00. The molecule has 2 amide bonds. The topological polar surface area (TPSA) is 101 Å². The number of halogens is 2. The van der Waals surface area contributed by atoms with Crippen LogP contribution in [-0.2, 0) is 16.4 Å². The molecule has 0 saturated carbocycles. The number of anilines is 1. The molecule has 0 aliphatic carbocycles. The molecule has 0 spiro atoms. The zero-order valence-electron chi connectivity index (χ0n) is 12.4. The van der Waals surface area contributed by atoms with Crippen LogP contribution in [0.2, 0.25) is 0 Å². The Kier molecular flexibility index (Phi) is 5.47. The van der Waals surface area contributed by atoms with E-state index in [1.807, 2.05) is 0 Å². The Morgan fingerprint density at radius 2 is 1.75 bits per heavy atom. The van der Waals surface area contributed by atoms with Crippen LogP contribution in [0.5, 0.6) is 0 Å². The van der Waals surface area contributed by atoms with E-state index < -0.39 is 27.7 Å². The van der Waals surface area contributed by atoms with Crippen molar-refractivity contribution in [1.29, 1.82) is 0 Å². The van der Waals surface area contributed by atoms with Crippen molar-refractivity contribution in [1.82, 2.24) is 5.32 Å². The summed E-state index contributed by atoms with van der Waals surface area (Å²) in [4.78, 5) is 11.7. The molecule has 2 rings (SSSR count). The fourth-order valence-corrected chi connectivity index (χ4v) is 2.44. The number of nitrogens with two attached hydrogens (primary N) is 1. The first-order valence-corrected chi connectivity index (χ1v) is 8.42. The molecule has 0 heterocycles. The Labute approximate surface area is 137 Å². The molecule has 0 unspecified atom stereocenters. The lowest BCUT2D eigenvalue weighted by atomic mass is 10.1. The first kappa shape index (κ1) is 17.8. The van der Waals surface area contributed by atoms with E-state index in [1.165, 1.54) is 12.1 Å². The highest BCUT2D eigenvalue weighted by atomic mass is 32.2. The second kappa shape index (κ2) is 7.37. The van der Waals surface area contributed by atoms with Gasteiger partial charge >= 0.3 is 6.03 Å². The molecule has 6 nitrogen and oxygen atoms in total. The zero-order valence-corrected chi connectivity index (χ0v) is 13.2. The van der Waals surface area contributed by atoms with Crippen molar-refractivity contribution in [3.63, 3.8) is 0 Å². The van der Waals surface area contributed by atoms with Gasteiger partial charge in [0.15, 0.2) is 0 Å². The number of benzene rings is 2. The van der Waals surface area contributed by atoms with Gasteiger partial charge in [-0.2, -0.15) is 0 Å². The number of sulfonamides is 1. The monoisotopic (exact) mass is 355 g/mol. The van der Waals surface area contributed by atoms with E-state index in [4.69, 9.17) is 5.14 Å². The van der Waals surface area contributed by atoms with Crippen LogP contribution in [0.25, 0.3) is 0 Å². The fourth-order valence-electron chi connectivity index (χ4n) is 1.92. The molecule has 0 atom stereocenters. The van der Waals surface area contributed by atoms with Gasteiger partial charge in [-0.15, -0.1) is 0 Å². The highest BCUT2D eigenvalue weighted by Crippen LogP contribution is 2.14. The standard InChI is InChI=1S/C15H15F2N3O3S/c16-11-3-6-14(13(17)9-11)20-15(21)19-8-7-10-1-4-12(5-2-10)24(18,22)23/h1-6,9H,7-8H2,(H2,18,22,23)(H2,19,20,21). The van der Waals surface area contributed by atoms with Crippen molar-refractivity contribution in [3.05, 3.63) is 59.7 Å². The molecular formula is C15H15F2N3O3S. The average Bonchev–Trinajstić information content (AvgIpc) is 2.50. The lowest BCUT2D eigenvalue weighted by Gasteiger charge is -2.09. The molecule has 0 aromatic heterocycles. The van der Waals surface area contributed by atoms with E-state index >= 15 is 0 Å². The summed E-state index contributed by atoms with van der Waals surface area (Å²) < 4.78 is 48.4. The normalized spacial score (nSPS) is 11.1. The maximum atomic E-state index is 13.4.